The van der Waals surface area contributed by atoms with Gasteiger partial charge in [0.1, 0.15) is 0 Å². The molecule has 29 heavy (non-hydrogen) atoms. The fraction of sp³-hybridized carbons (Fsp3) is 0.300. The van der Waals surface area contributed by atoms with E-state index in [-0.39, 0.29) is 36.2 Å². The Labute approximate surface area is 166 Å². The molecule has 154 valence electrons. The molecule has 0 aromatic heterocycles. The Morgan fingerprint density at radius 1 is 1.00 bits per heavy atom. The van der Waals surface area contributed by atoms with E-state index in [1.165, 1.54) is 18.2 Å². The van der Waals surface area contributed by atoms with E-state index in [1.54, 1.807) is 11.9 Å². The van der Waals surface area contributed by atoms with E-state index in [1.807, 2.05) is 31.2 Å². The van der Waals surface area contributed by atoms with Gasteiger partial charge < -0.3 is 20.1 Å². The maximum absolute atomic E-state index is 13.1. The van der Waals surface area contributed by atoms with Crippen molar-refractivity contribution in [1.29, 1.82) is 0 Å². The zero-order chi connectivity index (χ0) is 21.0. The Hall–Kier alpha value is -3.20. The van der Waals surface area contributed by atoms with Crippen LogP contribution in [-0.2, 0) is 16.0 Å². The summed E-state index contributed by atoms with van der Waals surface area (Å²) in [5.74, 6) is -0.907. The van der Waals surface area contributed by atoms with Crippen LogP contribution in [0.15, 0.2) is 42.5 Å². The molecule has 1 aliphatic rings. The van der Waals surface area contributed by atoms with Crippen LogP contribution in [0.3, 0.4) is 0 Å². The number of halogens is 2. The number of likely N-dealkylation sites (N-methyl/N-ethyl adjacent to an activating group) is 1. The minimum atomic E-state index is -3.71. The number of aryl methyl sites for hydroxylation is 1. The monoisotopic (exact) mass is 405 g/mol. The molecule has 0 saturated heterocycles. The summed E-state index contributed by atoms with van der Waals surface area (Å²) in [6.45, 7) is 1.95. The van der Waals surface area contributed by atoms with E-state index < -0.39 is 12.2 Å². The molecule has 0 atom stereocenters. The number of ether oxygens (including phenoxy) is 2. The van der Waals surface area contributed by atoms with E-state index in [9.17, 15) is 18.4 Å². The molecule has 1 heterocycles. The Morgan fingerprint density at radius 3 is 2.38 bits per heavy atom. The minimum absolute atomic E-state index is 0.0127. The molecule has 0 spiro atoms. The molecule has 3 rings (SSSR count). The lowest BCUT2D eigenvalue weighted by molar-refractivity contribution is -0.286. The van der Waals surface area contributed by atoms with Gasteiger partial charge in [-0.2, -0.15) is 0 Å². The van der Waals surface area contributed by atoms with Gasteiger partial charge in [-0.3, -0.25) is 14.5 Å². The van der Waals surface area contributed by atoms with E-state index in [2.05, 4.69) is 20.1 Å². The first-order chi connectivity index (χ1) is 13.8. The van der Waals surface area contributed by atoms with Crippen LogP contribution < -0.4 is 20.1 Å². The molecule has 0 radical (unpaired) electrons. The first-order valence-corrected chi connectivity index (χ1v) is 9.02. The van der Waals surface area contributed by atoms with Gasteiger partial charge >= 0.3 is 6.29 Å². The molecule has 0 saturated carbocycles. The second-order valence-corrected chi connectivity index (χ2v) is 6.61. The number of hydrogen-bond donors (Lipinski definition) is 2. The van der Waals surface area contributed by atoms with Gasteiger partial charge in [-0.1, -0.05) is 25.1 Å². The molecule has 0 unspecified atom stereocenters. The molecule has 1 aliphatic heterocycles. The smallest absolute Gasteiger partial charge is 0.395 e. The third-order valence-corrected chi connectivity index (χ3v) is 4.18. The second kappa shape index (κ2) is 8.44. The highest BCUT2D eigenvalue weighted by atomic mass is 19.3. The topological polar surface area (TPSA) is 79.9 Å². The van der Waals surface area contributed by atoms with Crippen LogP contribution in [0.2, 0.25) is 0 Å². The number of rotatable bonds is 7. The fourth-order valence-electron chi connectivity index (χ4n) is 2.91. The van der Waals surface area contributed by atoms with Gasteiger partial charge in [-0.15, -0.1) is 8.78 Å². The van der Waals surface area contributed by atoms with Crippen molar-refractivity contribution in [3.63, 3.8) is 0 Å². The van der Waals surface area contributed by atoms with Crippen LogP contribution in [0.1, 0.15) is 12.5 Å². The quantitative estimate of drug-likeness (QED) is 0.740. The Morgan fingerprint density at radius 2 is 1.66 bits per heavy atom. The average Bonchev–Trinajstić information content (AvgIpc) is 2.94. The predicted octanol–water partition coefficient (Wildman–Crippen LogP) is 3.08. The summed E-state index contributed by atoms with van der Waals surface area (Å²) in [7, 11) is 1.63. The first-order valence-electron chi connectivity index (χ1n) is 9.02. The number of hydrogen-bond acceptors (Lipinski definition) is 5. The van der Waals surface area contributed by atoms with Gasteiger partial charge in [-0.25, -0.2) is 0 Å². The summed E-state index contributed by atoms with van der Waals surface area (Å²) in [4.78, 5) is 26.0. The number of benzene rings is 2. The number of nitrogens with zero attached hydrogens (tertiary/aromatic N) is 1. The summed E-state index contributed by atoms with van der Waals surface area (Å²) >= 11 is 0. The van der Waals surface area contributed by atoms with Crippen molar-refractivity contribution in [2.45, 2.75) is 19.6 Å². The lowest BCUT2D eigenvalue weighted by Crippen LogP contribution is -2.36. The van der Waals surface area contributed by atoms with Gasteiger partial charge in [0, 0.05) is 17.4 Å². The number of amides is 2. The summed E-state index contributed by atoms with van der Waals surface area (Å²) in [6, 6.07) is 11.5. The first kappa shape index (κ1) is 20.5. The summed E-state index contributed by atoms with van der Waals surface area (Å²) < 4.78 is 34.8. The van der Waals surface area contributed by atoms with Crippen molar-refractivity contribution < 1.29 is 27.8 Å². The van der Waals surface area contributed by atoms with E-state index in [0.29, 0.717) is 0 Å². The maximum atomic E-state index is 13.1. The van der Waals surface area contributed by atoms with Crippen molar-refractivity contribution in [3.05, 3.63) is 48.0 Å². The largest absolute Gasteiger partial charge is 0.586 e. The SMILES string of the molecule is CCc1ccccc1NC(=O)CN(C)CC(=O)Nc1ccc2c(c1)OC(F)(F)O2. The zero-order valence-corrected chi connectivity index (χ0v) is 16.0. The van der Waals surface area contributed by atoms with E-state index in [4.69, 9.17) is 0 Å². The normalized spacial score (nSPS) is 14.0. The molecule has 2 aromatic rings. The highest BCUT2D eigenvalue weighted by Crippen LogP contribution is 2.42. The Kier molecular flexibility index (Phi) is 5.97. The summed E-state index contributed by atoms with van der Waals surface area (Å²) in [6.07, 6.45) is -2.93. The Bertz CT molecular complexity index is 920. The summed E-state index contributed by atoms with van der Waals surface area (Å²) in [5.41, 5.74) is 2.05. The number of carbonyl (C=O) groups excluding carboxylic acids is 2. The average molecular weight is 405 g/mol. The number of anilines is 2. The minimum Gasteiger partial charge on any atom is -0.395 e. The van der Waals surface area contributed by atoms with Crippen LogP contribution >= 0.6 is 0 Å². The van der Waals surface area contributed by atoms with Crippen molar-refractivity contribution in [1.82, 2.24) is 4.90 Å². The molecule has 2 amide bonds. The standard InChI is InChI=1S/C20H21F2N3O4/c1-3-13-6-4-5-7-15(13)24-19(27)12-25(2)11-18(26)23-14-8-9-16-17(10-14)29-20(21,22)28-16/h4-10H,3,11-12H2,1-2H3,(H,23,26)(H,24,27). The van der Waals surface area contributed by atoms with Gasteiger partial charge in [0.05, 0.1) is 13.1 Å². The molecule has 2 N–H and O–H groups in total. The van der Waals surface area contributed by atoms with Crippen LogP contribution in [0.5, 0.6) is 11.5 Å². The molecule has 0 fully saturated rings. The van der Waals surface area contributed by atoms with Gasteiger partial charge in [0.25, 0.3) is 0 Å². The van der Waals surface area contributed by atoms with E-state index >= 15 is 0 Å². The third-order valence-electron chi connectivity index (χ3n) is 4.18. The molecule has 9 heteroatoms. The highest BCUT2D eigenvalue weighted by molar-refractivity contribution is 5.95. The number of carbonyl (C=O) groups is 2. The molecule has 2 aromatic carbocycles. The van der Waals surface area contributed by atoms with Crippen molar-refractivity contribution in [3.8, 4) is 11.5 Å². The third kappa shape index (κ3) is 5.41. The number of para-hydroxylation sites is 1. The number of alkyl halides is 2. The van der Waals surface area contributed by atoms with Gasteiger partial charge in [-0.05, 0) is 37.2 Å². The van der Waals surface area contributed by atoms with Crippen molar-refractivity contribution >= 4 is 23.2 Å². The van der Waals surface area contributed by atoms with Crippen LogP contribution in [0, 0.1) is 0 Å². The lowest BCUT2D eigenvalue weighted by Gasteiger charge is -2.17. The lowest BCUT2D eigenvalue weighted by atomic mass is 10.1. The fourth-order valence-corrected chi connectivity index (χ4v) is 2.91. The van der Waals surface area contributed by atoms with Crippen molar-refractivity contribution in [2.75, 3.05) is 30.8 Å². The second-order valence-electron chi connectivity index (χ2n) is 6.61. The van der Waals surface area contributed by atoms with Gasteiger partial charge in [0.15, 0.2) is 11.5 Å². The molecule has 0 aliphatic carbocycles. The van der Waals surface area contributed by atoms with Crippen LogP contribution in [0.4, 0.5) is 20.2 Å². The predicted molar refractivity (Wildman–Crippen MR) is 103 cm³/mol. The molecular weight excluding hydrogens is 384 g/mol. The highest BCUT2D eigenvalue weighted by Gasteiger charge is 2.43. The van der Waals surface area contributed by atoms with Gasteiger partial charge in [0.2, 0.25) is 11.8 Å². The molecule has 7 nitrogen and oxygen atoms in total. The molecule has 0 bridgehead atoms. The Balaban J connectivity index is 1.50. The van der Waals surface area contributed by atoms with Crippen LogP contribution in [-0.4, -0.2) is 43.1 Å². The molecular formula is C20H21F2N3O4. The van der Waals surface area contributed by atoms with Crippen molar-refractivity contribution in [2.24, 2.45) is 0 Å². The van der Waals surface area contributed by atoms with E-state index in [0.717, 1.165) is 17.7 Å². The van der Waals surface area contributed by atoms with Crippen LogP contribution in [0.25, 0.3) is 0 Å². The number of fused-ring (bicyclic) bond motifs is 1. The maximum Gasteiger partial charge on any atom is 0.586 e. The number of nitrogens with one attached hydrogen (secondary N) is 2. The summed E-state index contributed by atoms with van der Waals surface area (Å²) in [5, 5.41) is 5.42. The zero-order valence-electron chi connectivity index (χ0n) is 16.0.